The summed E-state index contributed by atoms with van der Waals surface area (Å²) in [5.74, 6) is 0.314. The van der Waals surface area contributed by atoms with Crippen LogP contribution < -0.4 is 0 Å². The molecule has 0 amide bonds. The van der Waals surface area contributed by atoms with Crippen LogP contribution in [0.5, 0.6) is 0 Å². The van der Waals surface area contributed by atoms with E-state index in [9.17, 15) is 0 Å². The van der Waals surface area contributed by atoms with Crippen LogP contribution in [-0.2, 0) is 0 Å². The van der Waals surface area contributed by atoms with Crippen molar-refractivity contribution in [2.45, 2.75) is 5.92 Å². The molecule has 3 aromatic rings. The minimum Gasteiger partial charge on any atom is -0.0720 e. The van der Waals surface area contributed by atoms with E-state index in [-0.39, 0.29) is 0 Å². The third-order valence-corrected chi connectivity index (χ3v) is 5.38. The minimum absolute atomic E-state index is 0.314. The zero-order valence-corrected chi connectivity index (χ0v) is 15.0. The number of rotatable bonds is 3. The van der Waals surface area contributed by atoms with E-state index in [1.165, 1.54) is 39.0 Å². The summed E-state index contributed by atoms with van der Waals surface area (Å²) < 4.78 is 0. The first-order valence-electron chi connectivity index (χ1n) is 9.43. The van der Waals surface area contributed by atoms with Gasteiger partial charge in [0.25, 0.3) is 0 Å². The van der Waals surface area contributed by atoms with E-state index in [1.807, 2.05) is 0 Å². The highest BCUT2D eigenvalue weighted by Crippen LogP contribution is 2.43. The SMILES string of the molecule is C1=CC(=C(c2ccccc2)c2ccccc2)C(C2C=Cc3ccccc32)=C1. The van der Waals surface area contributed by atoms with Gasteiger partial charge in [0, 0.05) is 5.92 Å². The van der Waals surface area contributed by atoms with Crippen molar-refractivity contribution in [3.05, 3.63) is 143 Å². The summed E-state index contributed by atoms with van der Waals surface area (Å²) >= 11 is 0. The zero-order valence-electron chi connectivity index (χ0n) is 15.0. The second-order valence-corrected chi connectivity index (χ2v) is 6.97. The average molecular weight is 344 g/mol. The van der Waals surface area contributed by atoms with Crippen molar-refractivity contribution in [3.8, 4) is 0 Å². The Kier molecular flexibility index (Phi) is 3.95. The Balaban J connectivity index is 1.69. The molecule has 0 N–H and O–H groups in total. The molecule has 0 saturated heterocycles. The third-order valence-electron chi connectivity index (χ3n) is 5.38. The molecule has 0 heterocycles. The Morgan fingerprint density at radius 2 is 1.26 bits per heavy atom. The van der Waals surface area contributed by atoms with Gasteiger partial charge in [-0.3, -0.25) is 0 Å². The van der Waals surface area contributed by atoms with Crippen molar-refractivity contribution in [2.75, 3.05) is 0 Å². The second kappa shape index (κ2) is 6.74. The lowest BCUT2D eigenvalue weighted by Gasteiger charge is -2.19. The molecule has 27 heavy (non-hydrogen) atoms. The summed E-state index contributed by atoms with van der Waals surface area (Å²) in [5.41, 5.74) is 9.23. The molecule has 3 aromatic carbocycles. The maximum atomic E-state index is 2.33. The van der Waals surface area contributed by atoms with E-state index < -0.39 is 0 Å². The monoisotopic (exact) mass is 344 g/mol. The number of allylic oxidation sites excluding steroid dienone is 6. The summed E-state index contributed by atoms with van der Waals surface area (Å²) in [4.78, 5) is 0. The van der Waals surface area contributed by atoms with Crippen molar-refractivity contribution in [1.82, 2.24) is 0 Å². The van der Waals surface area contributed by atoms with Gasteiger partial charge < -0.3 is 0 Å². The lowest BCUT2D eigenvalue weighted by Crippen LogP contribution is -2.02. The van der Waals surface area contributed by atoms with Crippen LogP contribution in [0.2, 0.25) is 0 Å². The fourth-order valence-corrected chi connectivity index (χ4v) is 4.14. The van der Waals surface area contributed by atoms with Crippen molar-refractivity contribution in [1.29, 1.82) is 0 Å². The van der Waals surface area contributed by atoms with Crippen LogP contribution in [0.15, 0.2) is 120 Å². The number of hydrogen-bond acceptors (Lipinski definition) is 0. The molecule has 0 aromatic heterocycles. The Morgan fingerprint density at radius 3 is 1.96 bits per heavy atom. The van der Waals surface area contributed by atoms with E-state index in [1.54, 1.807) is 0 Å². The van der Waals surface area contributed by atoms with Gasteiger partial charge in [0.15, 0.2) is 0 Å². The Bertz CT molecular complexity index is 1050. The van der Waals surface area contributed by atoms with Crippen LogP contribution in [0, 0.1) is 0 Å². The van der Waals surface area contributed by atoms with Gasteiger partial charge in [0.1, 0.15) is 0 Å². The normalized spacial score (nSPS) is 17.1. The van der Waals surface area contributed by atoms with Crippen LogP contribution >= 0.6 is 0 Å². The zero-order chi connectivity index (χ0) is 18.1. The fourth-order valence-electron chi connectivity index (χ4n) is 4.14. The molecule has 2 aliphatic rings. The molecule has 1 atom stereocenters. The Labute approximate surface area is 160 Å². The van der Waals surface area contributed by atoms with E-state index >= 15 is 0 Å². The van der Waals surface area contributed by atoms with Crippen LogP contribution in [0.3, 0.4) is 0 Å². The molecular weight excluding hydrogens is 324 g/mol. The lowest BCUT2D eigenvalue weighted by molar-refractivity contribution is 1.04. The summed E-state index contributed by atoms with van der Waals surface area (Å²) in [6, 6.07) is 30.2. The second-order valence-electron chi connectivity index (χ2n) is 6.97. The molecule has 1 unspecified atom stereocenters. The van der Waals surface area contributed by atoms with Crippen molar-refractivity contribution >= 4 is 11.6 Å². The summed E-state index contributed by atoms with van der Waals surface area (Å²) in [7, 11) is 0. The fraction of sp³-hybridized carbons (Fsp3) is 0.0370. The molecule has 0 nitrogen and oxygen atoms in total. The lowest BCUT2D eigenvalue weighted by atomic mass is 9.84. The molecule has 128 valence electrons. The summed E-state index contributed by atoms with van der Waals surface area (Å²) in [6.07, 6.45) is 11.3. The van der Waals surface area contributed by atoms with E-state index in [0.717, 1.165) is 0 Å². The van der Waals surface area contributed by atoms with Gasteiger partial charge in [0.05, 0.1) is 0 Å². The maximum absolute atomic E-state index is 2.33. The van der Waals surface area contributed by atoms with E-state index in [0.29, 0.717) is 5.92 Å². The molecular formula is C27H20. The van der Waals surface area contributed by atoms with Gasteiger partial charge in [0.2, 0.25) is 0 Å². The van der Waals surface area contributed by atoms with Crippen LogP contribution in [-0.4, -0.2) is 0 Å². The van der Waals surface area contributed by atoms with Gasteiger partial charge in [-0.1, -0.05) is 115 Å². The van der Waals surface area contributed by atoms with Crippen molar-refractivity contribution in [2.24, 2.45) is 0 Å². The highest BCUT2D eigenvalue weighted by molar-refractivity contribution is 5.88. The first kappa shape index (κ1) is 15.8. The van der Waals surface area contributed by atoms with E-state index in [4.69, 9.17) is 0 Å². The van der Waals surface area contributed by atoms with Crippen molar-refractivity contribution in [3.63, 3.8) is 0 Å². The Morgan fingerprint density at radius 1 is 0.630 bits per heavy atom. The molecule has 0 spiro atoms. The van der Waals surface area contributed by atoms with E-state index in [2.05, 4.69) is 115 Å². The highest BCUT2D eigenvalue weighted by Gasteiger charge is 2.26. The van der Waals surface area contributed by atoms with Crippen molar-refractivity contribution < 1.29 is 0 Å². The van der Waals surface area contributed by atoms with Gasteiger partial charge in [-0.05, 0) is 39.0 Å². The van der Waals surface area contributed by atoms with Gasteiger partial charge >= 0.3 is 0 Å². The molecule has 5 rings (SSSR count). The van der Waals surface area contributed by atoms with Crippen LogP contribution in [0.4, 0.5) is 0 Å². The quantitative estimate of drug-likeness (QED) is 0.490. The van der Waals surface area contributed by atoms with Crippen LogP contribution in [0.25, 0.3) is 11.6 Å². The maximum Gasteiger partial charge on any atom is 0.0284 e. The van der Waals surface area contributed by atoms with Gasteiger partial charge in [-0.25, -0.2) is 0 Å². The number of fused-ring (bicyclic) bond motifs is 1. The summed E-state index contributed by atoms with van der Waals surface area (Å²) in [5, 5.41) is 0. The topological polar surface area (TPSA) is 0 Å². The molecule has 2 aliphatic carbocycles. The molecule has 0 heteroatoms. The van der Waals surface area contributed by atoms with Gasteiger partial charge in [-0.15, -0.1) is 0 Å². The average Bonchev–Trinajstić information content (AvgIpc) is 3.37. The standard InChI is InChI=1S/C27H20/c1-3-11-21(12-4-1)27(22-13-5-2-6-14-22)26-17-9-16-24(26)25-19-18-20-10-7-8-15-23(20)25/h1-19,25H. The first-order chi connectivity index (χ1) is 13.4. The van der Waals surface area contributed by atoms with Gasteiger partial charge in [-0.2, -0.15) is 0 Å². The third kappa shape index (κ3) is 2.80. The number of hydrogen-bond donors (Lipinski definition) is 0. The predicted octanol–water partition coefficient (Wildman–Crippen LogP) is 6.80. The Hall–Kier alpha value is -3.38. The molecule has 0 saturated carbocycles. The summed E-state index contributed by atoms with van der Waals surface area (Å²) in [6.45, 7) is 0. The first-order valence-corrected chi connectivity index (χ1v) is 9.43. The minimum atomic E-state index is 0.314. The molecule has 0 fully saturated rings. The number of benzene rings is 3. The molecule has 0 aliphatic heterocycles. The smallest absolute Gasteiger partial charge is 0.0284 e. The molecule has 0 bridgehead atoms. The predicted molar refractivity (Wildman–Crippen MR) is 114 cm³/mol. The molecule has 0 radical (unpaired) electrons. The van der Waals surface area contributed by atoms with Crippen LogP contribution in [0.1, 0.15) is 28.2 Å². The largest absolute Gasteiger partial charge is 0.0720 e. The highest BCUT2D eigenvalue weighted by atomic mass is 14.3.